The highest BCUT2D eigenvalue weighted by Gasteiger charge is 2.38. The van der Waals surface area contributed by atoms with Crippen LogP contribution in [0.5, 0.6) is 0 Å². The average Bonchev–Trinajstić information content (AvgIpc) is 3.08. The number of carbonyl (C=O) groups is 1. The van der Waals surface area contributed by atoms with E-state index in [1.165, 1.54) is 0 Å². The fraction of sp³-hybridized carbons (Fsp3) is 0.909. The Morgan fingerprint density at radius 3 is 2.53 bits per heavy atom. The number of hydrogen-bond acceptors (Lipinski definition) is 4. The van der Waals surface area contributed by atoms with Gasteiger partial charge in [0.05, 0.1) is 5.75 Å². The predicted octanol–water partition coefficient (Wildman–Crippen LogP) is -0.193. The lowest BCUT2D eigenvalue weighted by Gasteiger charge is -2.24. The number of carbonyl (C=O) groups excluding carboxylic acids is 1. The van der Waals surface area contributed by atoms with E-state index in [0.717, 1.165) is 19.3 Å². The molecule has 2 unspecified atom stereocenters. The van der Waals surface area contributed by atoms with E-state index < -0.39 is 15.1 Å². The van der Waals surface area contributed by atoms with Crippen molar-refractivity contribution in [2.45, 2.75) is 43.4 Å². The summed E-state index contributed by atoms with van der Waals surface area (Å²) in [6.07, 6.45) is 4.11. The zero-order valence-electron chi connectivity index (χ0n) is 9.89. The van der Waals surface area contributed by atoms with E-state index in [1.807, 2.05) is 0 Å². The first-order valence-electron chi connectivity index (χ1n) is 6.26. The third-order valence-electron chi connectivity index (χ3n) is 3.64. The van der Waals surface area contributed by atoms with Crippen LogP contribution in [0.3, 0.4) is 0 Å². The molecule has 0 spiro atoms. The highest BCUT2D eigenvalue weighted by Crippen LogP contribution is 2.32. The smallest absolute Gasteiger partial charge is 0.238 e. The Morgan fingerprint density at radius 1 is 1.29 bits per heavy atom. The molecule has 6 heteroatoms. The molecule has 0 aromatic heterocycles. The van der Waals surface area contributed by atoms with Gasteiger partial charge in [-0.1, -0.05) is 6.42 Å². The van der Waals surface area contributed by atoms with Crippen LogP contribution in [0.4, 0.5) is 0 Å². The molecule has 3 N–H and O–H groups in total. The van der Waals surface area contributed by atoms with Gasteiger partial charge in [-0.3, -0.25) is 4.79 Å². The molecule has 2 aliphatic rings. The molecule has 0 bridgehead atoms. The molecule has 1 saturated carbocycles. The molecule has 1 aliphatic heterocycles. The molecule has 98 valence electrons. The quantitative estimate of drug-likeness (QED) is 0.733. The van der Waals surface area contributed by atoms with Gasteiger partial charge in [0.1, 0.15) is 5.25 Å². The Bertz CT molecular complexity index is 390. The van der Waals surface area contributed by atoms with Gasteiger partial charge in [0, 0.05) is 12.6 Å². The monoisotopic (exact) mass is 260 g/mol. The van der Waals surface area contributed by atoms with E-state index in [1.54, 1.807) is 0 Å². The number of amides is 1. The van der Waals surface area contributed by atoms with Crippen LogP contribution in [0.2, 0.25) is 0 Å². The Hall–Kier alpha value is -0.620. The van der Waals surface area contributed by atoms with E-state index in [0.29, 0.717) is 25.3 Å². The van der Waals surface area contributed by atoms with Gasteiger partial charge in [0.15, 0.2) is 9.84 Å². The zero-order chi connectivity index (χ0) is 12.5. The minimum absolute atomic E-state index is 0.0420. The number of rotatable bonds is 4. The molecule has 17 heavy (non-hydrogen) atoms. The standard InChI is InChI=1S/C11H20N2O3S/c12-7-9(8-4-5-8)13-11(14)10-3-1-2-6-17(10,15)16/h8-10H,1-7,12H2,(H,13,14). The summed E-state index contributed by atoms with van der Waals surface area (Å²) in [7, 11) is -3.23. The SMILES string of the molecule is NCC(NC(=O)C1CCCCS1(=O)=O)C1CC1. The van der Waals surface area contributed by atoms with Crippen molar-refractivity contribution in [3.05, 3.63) is 0 Å². The number of nitrogens with one attached hydrogen (secondary N) is 1. The topological polar surface area (TPSA) is 89.3 Å². The molecule has 5 nitrogen and oxygen atoms in total. The van der Waals surface area contributed by atoms with Gasteiger partial charge in [-0.25, -0.2) is 8.42 Å². The molecule has 2 atom stereocenters. The van der Waals surface area contributed by atoms with Crippen LogP contribution in [0.15, 0.2) is 0 Å². The van der Waals surface area contributed by atoms with Gasteiger partial charge in [0.2, 0.25) is 5.91 Å². The van der Waals surface area contributed by atoms with Gasteiger partial charge >= 0.3 is 0 Å². The van der Waals surface area contributed by atoms with E-state index >= 15 is 0 Å². The maximum Gasteiger partial charge on any atom is 0.238 e. The summed E-state index contributed by atoms with van der Waals surface area (Å²) in [6.45, 7) is 0.392. The van der Waals surface area contributed by atoms with Crippen LogP contribution in [-0.2, 0) is 14.6 Å². The second-order valence-electron chi connectivity index (χ2n) is 5.04. The van der Waals surface area contributed by atoms with Crippen molar-refractivity contribution < 1.29 is 13.2 Å². The lowest BCUT2D eigenvalue weighted by Crippen LogP contribution is -2.49. The van der Waals surface area contributed by atoms with Crippen LogP contribution in [0.25, 0.3) is 0 Å². The van der Waals surface area contributed by atoms with E-state index in [-0.39, 0.29) is 17.7 Å². The second-order valence-corrected chi connectivity index (χ2v) is 7.34. The summed E-state index contributed by atoms with van der Waals surface area (Å²) < 4.78 is 23.6. The fourth-order valence-electron chi connectivity index (χ4n) is 2.39. The third-order valence-corrected chi connectivity index (χ3v) is 5.82. The van der Waals surface area contributed by atoms with Gasteiger partial charge in [-0.05, 0) is 31.6 Å². The number of hydrogen-bond donors (Lipinski definition) is 2. The third kappa shape index (κ3) is 2.98. The first kappa shape index (κ1) is 12.8. The van der Waals surface area contributed by atoms with Crippen molar-refractivity contribution in [3.8, 4) is 0 Å². The summed E-state index contributed by atoms with van der Waals surface area (Å²) in [5, 5.41) is 1.97. The molecular formula is C11H20N2O3S. The molecule has 0 aromatic carbocycles. The van der Waals surface area contributed by atoms with Crippen LogP contribution in [-0.4, -0.2) is 37.9 Å². The average molecular weight is 260 g/mol. The normalized spacial score (nSPS) is 29.6. The number of sulfone groups is 1. The molecule has 2 rings (SSSR count). The van der Waals surface area contributed by atoms with Gasteiger partial charge in [-0.15, -0.1) is 0 Å². The molecule has 1 amide bonds. The summed E-state index contributed by atoms with van der Waals surface area (Å²) in [4.78, 5) is 12.0. The maximum absolute atomic E-state index is 12.0. The van der Waals surface area contributed by atoms with E-state index in [2.05, 4.69) is 5.32 Å². The second kappa shape index (κ2) is 4.94. The summed E-state index contributed by atoms with van der Waals surface area (Å²) in [6, 6.07) is -0.0420. The molecule has 1 saturated heterocycles. The Balaban J connectivity index is 1.98. The van der Waals surface area contributed by atoms with Crippen LogP contribution >= 0.6 is 0 Å². The van der Waals surface area contributed by atoms with Crippen molar-refractivity contribution in [1.82, 2.24) is 5.32 Å². The first-order valence-corrected chi connectivity index (χ1v) is 7.98. The Labute approximate surface area is 102 Å². The molecule has 1 aliphatic carbocycles. The zero-order valence-corrected chi connectivity index (χ0v) is 10.7. The first-order chi connectivity index (χ1) is 8.04. The molecule has 0 aromatic rings. The highest BCUT2D eigenvalue weighted by molar-refractivity contribution is 7.92. The minimum atomic E-state index is -3.23. The summed E-state index contributed by atoms with van der Waals surface area (Å²) in [5.41, 5.74) is 5.59. The maximum atomic E-state index is 12.0. The molecule has 1 heterocycles. The molecular weight excluding hydrogens is 240 g/mol. The Kier molecular flexibility index (Phi) is 3.73. The predicted molar refractivity (Wildman–Crippen MR) is 65.1 cm³/mol. The number of nitrogens with two attached hydrogens (primary N) is 1. The van der Waals surface area contributed by atoms with Crippen molar-refractivity contribution in [1.29, 1.82) is 0 Å². The largest absolute Gasteiger partial charge is 0.351 e. The highest BCUT2D eigenvalue weighted by atomic mass is 32.2. The van der Waals surface area contributed by atoms with E-state index in [4.69, 9.17) is 5.73 Å². The van der Waals surface area contributed by atoms with Gasteiger partial charge in [0.25, 0.3) is 0 Å². The lowest BCUT2D eigenvalue weighted by molar-refractivity contribution is -0.121. The van der Waals surface area contributed by atoms with Crippen LogP contribution in [0.1, 0.15) is 32.1 Å². The molecule has 2 fully saturated rings. The van der Waals surface area contributed by atoms with Crippen molar-refractivity contribution >= 4 is 15.7 Å². The summed E-state index contributed by atoms with van der Waals surface area (Å²) >= 11 is 0. The van der Waals surface area contributed by atoms with Crippen LogP contribution < -0.4 is 11.1 Å². The van der Waals surface area contributed by atoms with Crippen molar-refractivity contribution in [3.63, 3.8) is 0 Å². The Morgan fingerprint density at radius 2 is 2.00 bits per heavy atom. The summed E-state index contributed by atoms with van der Waals surface area (Å²) in [5.74, 6) is 0.254. The van der Waals surface area contributed by atoms with Gasteiger partial charge in [-0.2, -0.15) is 0 Å². The lowest BCUT2D eigenvalue weighted by atomic mass is 10.1. The molecule has 0 radical (unpaired) electrons. The van der Waals surface area contributed by atoms with E-state index in [9.17, 15) is 13.2 Å². The minimum Gasteiger partial charge on any atom is -0.351 e. The van der Waals surface area contributed by atoms with Crippen molar-refractivity contribution in [2.75, 3.05) is 12.3 Å². The van der Waals surface area contributed by atoms with Crippen LogP contribution in [0, 0.1) is 5.92 Å². The van der Waals surface area contributed by atoms with Gasteiger partial charge < -0.3 is 11.1 Å². The fourth-order valence-corrected chi connectivity index (χ4v) is 4.20. The van der Waals surface area contributed by atoms with Crippen molar-refractivity contribution in [2.24, 2.45) is 11.7 Å².